The largest absolute Gasteiger partial charge is 0.392 e. The first-order valence-electron chi connectivity index (χ1n) is 4.59. The second-order valence-corrected chi connectivity index (χ2v) is 3.29. The molecule has 0 heterocycles. The number of hydrogen-bond donors (Lipinski definition) is 1. The van der Waals surface area contributed by atoms with Gasteiger partial charge in [0.15, 0.2) is 0 Å². The van der Waals surface area contributed by atoms with Crippen molar-refractivity contribution < 1.29 is 5.11 Å². The Balaban J connectivity index is 2.67. The van der Waals surface area contributed by atoms with Crippen LogP contribution in [0.4, 0.5) is 0 Å². The van der Waals surface area contributed by atoms with Crippen molar-refractivity contribution in [3.8, 4) is 0 Å². The Morgan fingerprint density at radius 3 is 2.54 bits per heavy atom. The van der Waals surface area contributed by atoms with Gasteiger partial charge in [-0.2, -0.15) is 0 Å². The van der Waals surface area contributed by atoms with E-state index in [-0.39, 0.29) is 12.0 Å². The third kappa shape index (κ3) is 2.71. The second kappa shape index (κ2) is 4.83. The van der Waals surface area contributed by atoms with E-state index in [9.17, 15) is 5.11 Å². The second-order valence-electron chi connectivity index (χ2n) is 3.29. The minimum absolute atomic E-state index is 0.180. The van der Waals surface area contributed by atoms with Gasteiger partial charge >= 0.3 is 0 Å². The summed E-state index contributed by atoms with van der Waals surface area (Å²) in [6.07, 6.45) is 2.08. The smallest absolute Gasteiger partial charge is 0.0640 e. The van der Waals surface area contributed by atoms with Gasteiger partial charge < -0.3 is 5.11 Å². The molecule has 70 valence electrons. The maximum atomic E-state index is 9.70. The molecule has 0 aromatic heterocycles. The average molecular weight is 176 g/mol. The first-order valence-corrected chi connectivity index (χ1v) is 4.59. The molecule has 0 aliphatic carbocycles. The van der Waals surface area contributed by atoms with Crippen LogP contribution in [0.15, 0.2) is 43.0 Å². The minimum atomic E-state index is -0.320. The number of aliphatic hydroxyl groups is 1. The Hall–Kier alpha value is -1.08. The lowest BCUT2D eigenvalue weighted by atomic mass is 9.94. The maximum Gasteiger partial charge on any atom is 0.0640 e. The van der Waals surface area contributed by atoms with Gasteiger partial charge in [0, 0.05) is 5.92 Å². The molecule has 1 heteroatoms. The molecule has 1 aromatic rings. The third-order valence-corrected chi connectivity index (χ3v) is 2.31. The van der Waals surface area contributed by atoms with E-state index < -0.39 is 0 Å². The quantitative estimate of drug-likeness (QED) is 0.699. The Kier molecular flexibility index (Phi) is 3.71. The molecule has 13 heavy (non-hydrogen) atoms. The molecule has 0 radical (unpaired) electrons. The summed E-state index contributed by atoms with van der Waals surface area (Å²) < 4.78 is 0. The van der Waals surface area contributed by atoms with Crippen LogP contribution in [0.1, 0.15) is 24.8 Å². The molecular formula is C12H16O. The highest BCUT2D eigenvalue weighted by atomic mass is 16.3. The molecule has 0 aliphatic rings. The lowest BCUT2D eigenvalue weighted by molar-refractivity contribution is 0.152. The highest BCUT2D eigenvalue weighted by Crippen LogP contribution is 2.20. The van der Waals surface area contributed by atoms with E-state index in [1.807, 2.05) is 37.3 Å². The zero-order valence-corrected chi connectivity index (χ0v) is 7.98. The molecular weight excluding hydrogens is 160 g/mol. The van der Waals surface area contributed by atoms with Gasteiger partial charge in [-0.25, -0.2) is 0 Å². The van der Waals surface area contributed by atoms with E-state index in [1.165, 1.54) is 5.56 Å². The van der Waals surface area contributed by atoms with Gasteiger partial charge in [0.2, 0.25) is 0 Å². The summed E-state index contributed by atoms with van der Waals surface area (Å²) in [6.45, 7) is 5.65. The van der Waals surface area contributed by atoms with Crippen LogP contribution < -0.4 is 0 Å². The van der Waals surface area contributed by atoms with Crippen LogP contribution in [0.5, 0.6) is 0 Å². The Morgan fingerprint density at radius 1 is 1.38 bits per heavy atom. The fraction of sp³-hybridized carbons (Fsp3) is 0.333. The number of aliphatic hydroxyl groups excluding tert-OH is 1. The summed E-state index contributed by atoms with van der Waals surface area (Å²) in [6, 6.07) is 10.0. The zero-order chi connectivity index (χ0) is 9.68. The predicted octanol–water partition coefficient (Wildman–Crippen LogP) is 2.73. The minimum Gasteiger partial charge on any atom is -0.392 e. The van der Waals surface area contributed by atoms with E-state index in [0.29, 0.717) is 6.42 Å². The van der Waals surface area contributed by atoms with Crippen LogP contribution in [0.3, 0.4) is 0 Å². The fourth-order valence-corrected chi connectivity index (χ4v) is 1.35. The highest BCUT2D eigenvalue weighted by Gasteiger charge is 2.13. The first kappa shape index (κ1) is 10.0. The molecule has 1 aromatic carbocycles. The normalized spacial score (nSPS) is 14.9. The van der Waals surface area contributed by atoms with Crippen molar-refractivity contribution in [2.45, 2.75) is 25.4 Å². The number of hydrogen-bond acceptors (Lipinski definition) is 1. The monoisotopic (exact) mass is 176 g/mol. The topological polar surface area (TPSA) is 20.2 Å². The lowest BCUT2D eigenvalue weighted by Gasteiger charge is -2.17. The molecule has 0 amide bonds. The van der Waals surface area contributed by atoms with Gasteiger partial charge in [0.05, 0.1) is 6.10 Å². The molecule has 1 N–H and O–H groups in total. The maximum absolute atomic E-state index is 9.70. The van der Waals surface area contributed by atoms with Gasteiger partial charge in [-0.15, -0.1) is 6.58 Å². The van der Waals surface area contributed by atoms with E-state index >= 15 is 0 Å². The van der Waals surface area contributed by atoms with Crippen LogP contribution in [0.25, 0.3) is 0 Å². The van der Waals surface area contributed by atoms with E-state index in [0.717, 1.165) is 0 Å². The fourth-order valence-electron chi connectivity index (χ4n) is 1.35. The number of rotatable bonds is 4. The summed E-state index contributed by atoms with van der Waals surface area (Å²) >= 11 is 0. The molecule has 1 nitrogen and oxygen atoms in total. The number of benzene rings is 1. The van der Waals surface area contributed by atoms with Gasteiger partial charge in [-0.05, 0) is 12.0 Å². The van der Waals surface area contributed by atoms with Crippen molar-refractivity contribution in [2.75, 3.05) is 0 Å². The molecule has 0 unspecified atom stereocenters. The Morgan fingerprint density at radius 2 is 2.00 bits per heavy atom. The van der Waals surface area contributed by atoms with Crippen LogP contribution >= 0.6 is 0 Å². The predicted molar refractivity (Wildman–Crippen MR) is 55.7 cm³/mol. The molecule has 0 saturated carbocycles. The standard InChI is InChI=1S/C12H16O/c1-3-7-12(13)10(2)11-8-5-4-6-9-11/h3-6,8-10,12-13H,1,7H2,2H3/t10-,12-/m1/s1. The summed E-state index contributed by atoms with van der Waals surface area (Å²) in [5.74, 6) is 0.180. The zero-order valence-electron chi connectivity index (χ0n) is 7.98. The molecule has 0 aliphatic heterocycles. The first-order chi connectivity index (χ1) is 6.25. The molecule has 0 saturated heterocycles. The Labute approximate surface area is 79.7 Å². The molecule has 0 bridgehead atoms. The van der Waals surface area contributed by atoms with Crippen molar-refractivity contribution in [2.24, 2.45) is 0 Å². The molecule has 2 atom stereocenters. The van der Waals surface area contributed by atoms with Gasteiger partial charge in [-0.1, -0.05) is 43.3 Å². The van der Waals surface area contributed by atoms with Crippen molar-refractivity contribution in [1.29, 1.82) is 0 Å². The third-order valence-electron chi connectivity index (χ3n) is 2.31. The van der Waals surface area contributed by atoms with Crippen molar-refractivity contribution in [3.05, 3.63) is 48.6 Å². The van der Waals surface area contributed by atoms with Crippen molar-refractivity contribution in [3.63, 3.8) is 0 Å². The molecule has 0 fully saturated rings. The summed E-state index contributed by atoms with van der Waals surface area (Å²) in [5, 5.41) is 9.70. The Bertz CT molecular complexity index is 253. The summed E-state index contributed by atoms with van der Waals surface area (Å²) in [7, 11) is 0. The average Bonchev–Trinajstić information content (AvgIpc) is 2.18. The van der Waals surface area contributed by atoms with E-state index in [4.69, 9.17) is 0 Å². The van der Waals surface area contributed by atoms with Gasteiger partial charge in [0.25, 0.3) is 0 Å². The summed E-state index contributed by atoms with van der Waals surface area (Å²) in [5.41, 5.74) is 1.18. The van der Waals surface area contributed by atoms with Crippen molar-refractivity contribution in [1.82, 2.24) is 0 Å². The van der Waals surface area contributed by atoms with Crippen molar-refractivity contribution >= 4 is 0 Å². The highest BCUT2D eigenvalue weighted by molar-refractivity contribution is 5.19. The van der Waals surface area contributed by atoms with Gasteiger partial charge in [-0.3, -0.25) is 0 Å². The van der Waals surface area contributed by atoms with Crippen LogP contribution in [0.2, 0.25) is 0 Å². The van der Waals surface area contributed by atoms with Crippen LogP contribution in [-0.2, 0) is 0 Å². The van der Waals surface area contributed by atoms with Crippen LogP contribution in [0, 0.1) is 0 Å². The lowest BCUT2D eigenvalue weighted by Crippen LogP contribution is -2.14. The van der Waals surface area contributed by atoms with Crippen LogP contribution in [-0.4, -0.2) is 11.2 Å². The summed E-state index contributed by atoms with van der Waals surface area (Å²) in [4.78, 5) is 0. The van der Waals surface area contributed by atoms with E-state index in [2.05, 4.69) is 6.58 Å². The SMILES string of the molecule is C=CC[C@@H](O)[C@H](C)c1ccccc1. The molecule has 0 spiro atoms. The van der Waals surface area contributed by atoms with Gasteiger partial charge in [0.1, 0.15) is 0 Å². The molecule has 1 rings (SSSR count). The van der Waals surface area contributed by atoms with E-state index in [1.54, 1.807) is 6.08 Å².